The Morgan fingerprint density at radius 1 is 1.29 bits per heavy atom. The van der Waals surface area contributed by atoms with Gasteiger partial charge in [-0.2, -0.15) is 5.10 Å². The standard InChI is InChI=1S/C13H26N4/c1-6-8-14-13(10(3)7-2)9-17-12(5)15-11(4)16-17/h10,13-14H,6-9H2,1-5H3. The summed E-state index contributed by atoms with van der Waals surface area (Å²) in [7, 11) is 0. The fourth-order valence-electron chi connectivity index (χ4n) is 1.98. The number of nitrogens with zero attached hydrogens (tertiary/aromatic N) is 3. The second kappa shape index (κ2) is 6.74. The summed E-state index contributed by atoms with van der Waals surface area (Å²) in [6, 6.07) is 0.486. The van der Waals surface area contributed by atoms with E-state index in [1.54, 1.807) is 0 Å². The molecule has 0 aliphatic carbocycles. The Bertz CT molecular complexity index is 332. The molecule has 2 unspecified atom stereocenters. The van der Waals surface area contributed by atoms with Crippen LogP contribution in [0.25, 0.3) is 0 Å². The maximum Gasteiger partial charge on any atom is 0.147 e. The maximum atomic E-state index is 4.44. The van der Waals surface area contributed by atoms with E-state index in [1.165, 1.54) is 12.8 Å². The van der Waals surface area contributed by atoms with Gasteiger partial charge in [-0.25, -0.2) is 9.67 Å². The molecule has 0 radical (unpaired) electrons. The van der Waals surface area contributed by atoms with E-state index < -0.39 is 0 Å². The van der Waals surface area contributed by atoms with Crippen molar-refractivity contribution in [3.05, 3.63) is 11.6 Å². The summed E-state index contributed by atoms with van der Waals surface area (Å²) in [5.74, 6) is 2.53. The molecule has 1 aromatic heterocycles. The highest BCUT2D eigenvalue weighted by Gasteiger charge is 2.17. The van der Waals surface area contributed by atoms with Gasteiger partial charge in [0.15, 0.2) is 0 Å². The third-order valence-corrected chi connectivity index (χ3v) is 3.32. The quantitative estimate of drug-likeness (QED) is 0.792. The van der Waals surface area contributed by atoms with Crippen LogP contribution in [0.15, 0.2) is 0 Å². The lowest BCUT2D eigenvalue weighted by Crippen LogP contribution is -2.39. The van der Waals surface area contributed by atoms with Crippen LogP contribution >= 0.6 is 0 Å². The normalized spacial score (nSPS) is 14.9. The highest BCUT2D eigenvalue weighted by molar-refractivity contribution is 4.89. The molecule has 0 spiro atoms. The van der Waals surface area contributed by atoms with Crippen LogP contribution in [0.2, 0.25) is 0 Å². The van der Waals surface area contributed by atoms with Crippen LogP contribution in [-0.4, -0.2) is 27.4 Å². The molecule has 0 aromatic carbocycles. The van der Waals surface area contributed by atoms with Crippen LogP contribution in [0.4, 0.5) is 0 Å². The van der Waals surface area contributed by atoms with Gasteiger partial charge in [0.2, 0.25) is 0 Å². The van der Waals surface area contributed by atoms with E-state index in [0.717, 1.165) is 24.7 Å². The average molecular weight is 238 g/mol. The van der Waals surface area contributed by atoms with Crippen LogP contribution < -0.4 is 5.32 Å². The van der Waals surface area contributed by atoms with Crippen LogP contribution in [0.1, 0.15) is 45.3 Å². The number of hydrogen-bond acceptors (Lipinski definition) is 3. The van der Waals surface area contributed by atoms with Crippen LogP contribution in [0, 0.1) is 19.8 Å². The minimum absolute atomic E-state index is 0.486. The molecule has 0 fully saturated rings. The van der Waals surface area contributed by atoms with Crippen molar-refractivity contribution in [3.63, 3.8) is 0 Å². The van der Waals surface area contributed by atoms with Gasteiger partial charge >= 0.3 is 0 Å². The summed E-state index contributed by atoms with van der Waals surface area (Å²) in [5.41, 5.74) is 0. The van der Waals surface area contributed by atoms with Crippen molar-refractivity contribution in [2.75, 3.05) is 6.54 Å². The Morgan fingerprint density at radius 3 is 2.47 bits per heavy atom. The van der Waals surface area contributed by atoms with Crippen LogP contribution in [0.5, 0.6) is 0 Å². The van der Waals surface area contributed by atoms with Crippen molar-refractivity contribution in [3.8, 4) is 0 Å². The maximum absolute atomic E-state index is 4.44. The predicted octanol–water partition coefficient (Wildman–Crippen LogP) is 2.31. The van der Waals surface area contributed by atoms with Crippen molar-refractivity contribution < 1.29 is 0 Å². The molecule has 1 aromatic rings. The molecule has 1 rings (SSSR count). The van der Waals surface area contributed by atoms with E-state index in [4.69, 9.17) is 0 Å². The van der Waals surface area contributed by atoms with E-state index >= 15 is 0 Å². The van der Waals surface area contributed by atoms with Crippen molar-refractivity contribution in [1.82, 2.24) is 20.1 Å². The van der Waals surface area contributed by atoms with Gasteiger partial charge in [-0.3, -0.25) is 0 Å². The van der Waals surface area contributed by atoms with Crippen molar-refractivity contribution in [2.45, 2.75) is 60.0 Å². The van der Waals surface area contributed by atoms with E-state index in [2.05, 4.69) is 36.2 Å². The minimum Gasteiger partial charge on any atom is -0.312 e. The summed E-state index contributed by atoms with van der Waals surface area (Å²) in [6.45, 7) is 12.7. The zero-order valence-electron chi connectivity index (χ0n) is 11.8. The molecular formula is C13H26N4. The minimum atomic E-state index is 0.486. The van der Waals surface area contributed by atoms with Crippen LogP contribution in [0.3, 0.4) is 0 Å². The molecule has 98 valence electrons. The molecule has 0 saturated carbocycles. The summed E-state index contributed by atoms with van der Waals surface area (Å²) >= 11 is 0. The topological polar surface area (TPSA) is 42.7 Å². The molecule has 17 heavy (non-hydrogen) atoms. The Hall–Kier alpha value is -0.900. The molecule has 0 saturated heterocycles. The first-order chi connectivity index (χ1) is 8.08. The fraction of sp³-hybridized carbons (Fsp3) is 0.846. The van der Waals surface area contributed by atoms with Gasteiger partial charge in [0.05, 0.1) is 6.54 Å². The van der Waals surface area contributed by atoms with Crippen molar-refractivity contribution in [2.24, 2.45) is 5.92 Å². The zero-order valence-corrected chi connectivity index (χ0v) is 11.8. The molecule has 1 N–H and O–H groups in total. The smallest absolute Gasteiger partial charge is 0.147 e. The van der Waals surface area contributed by atoms with Gasteiger partial charge in [0, 0.05) is 6.04 Å². The highest BCUT2D eigenvalue weighted by Crippen LogP contribution is 2.10. The summed E-state index contributed by atoms with van der Waals surface area (Å²) in [4.78, 5) is 4.35. The second-order valence-electron chi connectivity index (χ2n) is 4.83. The predicted molar refractivity (Wildman–Crippen MR) is 71.0 cm³/mol. The number of aryl methyl sites for hydroxylation is 2. The van der Waals surface area contributed by atoms with E-state index in [-0.39, 0.29) is 0 Å². The van der Waals surface area contributed by atoms with Gasteiger partial charge in [0.25, 0.3) is 0 Å². The fourth-order valence-corrected chi connectivity index (χ4v) is 1.98. The first-order valence-corrected chi connectivity index (χ1v) is 6.69. The first-order valence-electron chi connectivity index (χ1n) is 6.69. The summed E-state index contributed by atoms with van der Waals surface area (Å²) in [5, 5.41) is 8.06. The van der Waals surface area contributed by atoms with Gasteiger partial charge < -0.3 is 5.32 Å². The van der Waals surface area contributed by atoms with E-state index in [9.17, 15) is 0 Å². The Balaban J connectivity index is 2.67. The lowest BCUT2D eigenvalue weighted by molar-refractivity contribution is 0.316. The molecule has 4 heteroatoms. The molecule has 4 nitrogen and oxygen atoms in total. The number of hydrogen-bond donors (Lipinski definition) is 1. The molecule has 0 bridgehead atoms. The Labute approximate surface area is 105 Å². The number of rotatable bonds is 7. The summed E-state index contributed by atoms with van der Waals surface area (Å²) < 4.78 is 2.02. The van der Waals surface area contributed by atoms with Crippen molar-refractivity contribution >= 4 is 0 Å². The first kappa shape index (κ1) is 14.2. The average Bonchev–Trinajstić information content (AvgIpc) is 2.62. The molecule has 2 atom stereocenters. The SMILES string of the molecule is CCCNC(Cn1nc(C)nc1C)C(C)CC. The Kier molecular flexibility index (Phi) is 5.62. The lowest BCUT2D eigenvalue weighted by Gasteiger charge is -2.24. The largest absolute Gasteiger partial charge is 0.312 e. The highest BCUT2D eigenvalue weighted by atomic mass is 15.3. The second-order valence-corrected chi connectivity index (χ2v) is 4.83. The molecule has 0 aliphatic rings. The zero-order chi connectivity index (χ0) is 12.8. The van der Waals surface area contributed by atoms with Crippen LogP contribution in [-0.2, 0) is 6.54 Å². The molecule has 0 aliphatic heterocycles. The van der Waals surface area contributed by atoms with Gasteiger partial charge in [-0.15, -0.1) is 0 Å². The van der Waals surface area contributed by atoms with E-state index in [0.29, 0.717) is 12.0 Å². The third-order valence-electron chi connectivity index (χ3n) is 3.32. The Morgan fingerprint density at radius 2 is 2.00 bits per heavy atom. The molecule has 0 amide bonds. The van der Waals surface area contributed by atoms with Gasteiger partial charge in [-0.05, 0) is 32.7 Å². The molecular weight excluding hydrogens is 212 g/mol. The number of nitrogens with one attached hydrogen (secondary N) is 1. The van der Waals surface area contributed by atoms with Crippen molar-refractivity contribution in [1.29, 1.82) is 0 Å². The summed E-state index contributed by atoms with van der Waals surface area (Å²) in [6.07, 6.45) is 2.36. The van der Waals surface area contributed by atoms with E-state index in [1.807, 2.05) is 18.5 Å². The monoisotopic (exact) mass is 238 g/mol. The third kappa shape index (κ3) is 4.11. The van der Waals surface area contributed by atoms with Gasteiger partial charge in [-0.1, -0.05) is 27.2 Å². The lowest BCUT2D eigenvalue weighted by atomic mass is 9.99. The number of aromatic nitrogens is 3. The van der Waals surface area contributed by atoms with Gasteiger partial charge in [0.1, 0.15) is 11.6 Å². The molecule has 1 heterocycles.